The van der Waals surface area contributed by atoms with Crippen molar-refractivity contribution in [1.82, 2.24) is 0 Å². The van der Waals surface area contributed by atoms with E-state index in [1.165, 1.54) is 6.08 Å². The molecule has 0 aliphatic carbocycles. The first-order chi connectivity index (χ1) is 15.9. The number of amides is 1. The Hall–Kier alpha value is -3.46. The zero-order valence-corrected chi connectivity index (χ0v) is 19.7. The van der Waals surface area contributed by atoms with Gasteiger partial charge in [0.15, 0.2) is 0 Å². The van der Waals surface area contributed by atoms with Gasteiger partial charge >= 0.3 is 0 Å². The van der Waals surface area contributed by atoms with Crippen LogP contribution in [0.25, 0.3) is 6.08 Å². The molecule has 0 spiro atoms. The fourth-order valence-electron chi connectivity index (χ4n) is 2.98. The van der Waals surface area contributed by atoms with Gasteiger partial charge < -0.3 is 14.8 Å². The van der Waals surface area contributed by atoms with E-state index < -0.39 is 5.91 Å². The predicted octanol–water partition coefficient (Wildman–Crippen LogP) is 6.83. The molecule has 0 saturated carbocycles. The van der Waals surface area contributed by atoms with Gasteiger partial charge in [0, 0.05) is 16.3 Å². The number of nitrogens with one attached hydrogen (secondary N) is 1. The summed E-state index contributed by atoms with van der Waals surface area (Å²) in [5.41, 5.74) is 2.93. The second-order valence-corrected chi connectivity index (χ2v) is 8.01. The SMILES string of the molecule is CCOc1ccc(NC(=O)/C(C#N)=C/c2cc(Cl)cc(Cl)c2OCc2ccc(C)cc2)cc1. The maximum atomic E-state index is 12.7. The van der Waals surface area contributed by atoms with Crippen molar-refractivity contribution in [2.75, 3.05) is 11.9 Å². The lowest BCUT2D eigenvalue weighted by Crippen LogP contribution is -2.13. The van der Waals surface area contributed by atoms with E-state index in [0.717, 1.165) is 11.1 Å². The molecule has 0 bridgehead atoms. The molecule has 7 heteroatoms. The van der Waals surface area contributed by atoms with Crippen molar-refractivity contribution in [2.24, 2.45) is 0 Å². The number of hydrogen-bond donors (Lipinski definition) is 1. The summed E-state index contributed by atoms with van der Waals surface area (Å²) in [7, 11) is 0. The number of carbonyl (C=O) groups is 1. The van der Waals surface area contributed by atoms with Gasteiger partial charge in [0.2, 0.25) is 0 Å². The molecule has 3 rings (SSSR count). The molecular weight excluding hydrogens is 459 g/mol. The van der Waals surface area contributed by atoms with Gasteiger partial charge in [0.25, 0.3) is 5.91 Å². The number of nitriles is 1. The van der Waals surface area contributed by atoms with Gasteiger partial charge in [-0.1, -0.05) is 53.0 Å². The fourth-order valence-corrected chi connectivity index (χ4v) is 3.55. The Labute approximate surface area is 203 Å². The topological polar surface area (TPSA) is 71.3 Å². The molecule has 3 aromatic carbocycles. The van der Waals surface area contributed by atoms with Gasteiger partial charge in [0.05, 0.1) is 11.6 Å². The van der Waals surface area contributed by atoms with E-state index in [9.17, 15) is 10.1 Å². The molecule has 0 radical (unpaired) electrons. The van der Waals surface area contributed by atoms with Crippen molar-refractivity contribution in [2.45, 2.75) is 20.5 Å². The summed E-state index contributed by atoms with van der Waals surface area (Å²) in [6.45, 7) is 4.71. The lowest BCUT2D eigenvalue weighted by Gasteiger charge is -2.13. The summed E-state index contributed by atoms with van der Waals surface area (Å²) in [4.78, 5) is 12.7. The van der Waals surface area contributed by atoms with Crippen LogP contribution in [0.3, 0.4) is 0 Å². The second-order valence-electron chi connectivity index (χ2n) is 7.16. The normalized spacial score (nSPS) is 10.9. The summed E-state index contributed by atoms with van der Waals surface area (Å²) in [6, 6.07) is 19.8. The van der Waals surface area contributed by atoms with E-state index >= 15 is 0 Å². The van der Waals surface area contributed by atoms with Crippen molar-refractivity contribution >= 4 is 40.9 Å². The van der Waals surface area contributed by atoms with E-state index in [1.807, 2.05) is 44.2 Å². The molecular formula is C26H22Cl2N2O3. The highest BCUT2D eigenvalue weighted by molar-refractivity contribution is 6.36. The quantitative estimate of drug-likeness (QED) is 0.283. The summed E-state index contributed by atoms with van der Waals surface area (Å²) in [5, 5.41) is 13.0. The predicted molar refractivity (Wildman–Crippen MR) is 132 cm³/mol. The van der Waals surface area contributed by atoms with Gasteiger partial charge in [-0.05, 0) is 61.9 Å². The largest absolute Gasteiger partial charge is 0.494 e. The van der Waals surface area contributed by atoms with Gasteiger partial charge in [0.1, 0.15) is 29.7 Å². The number of carbonyl (C=O) groups excluding carboxylic acids is 1. The standard InChI is InChI=1S/C26H22Cl2N2O3/c1-3-32-23-10-8-22(9-11-23)30-26(31)20(15-29)12-19-13-21(27)14-24(28)25(19)33-16-18-6-4-17(2)5-7-18/h4-14H,3,16H2,1-2H3,(H,30,31)/b20-12+. The molecule has 0 heterocycles. The Kier molecular flexibility index (Phi) is 8.37. The average molecular weight is 481 g/mol. The number of nitrogens with zero attached hydrogens (tertiary/aromatic N) is 1. The lowest BCUT2D eigenvalue weighted by atomic mass is 10.1. The van der Waals surface area contributed by atoms with Crippen LogP contribution in [0.15, 0.2) is 66.2 Å². The van der Waals surface area contributed by atoms with Crippen LogP contribution < -0.4 is 14.8 Å². The first-order valence-electron chi connectivity index (χ1n) is 10.2. The molecule has 0 atom stereocenters. The zero-order chi connectivity index (χ0) is 23.8. The third kappa shape index (κ3) is 6.76. The summed E-state index contributed by atoms with van der Waals surface area (Å²) >= 11 is 12.5. The van der Waals surface area contributed by atoms with E-state index in [-0.39, 0.29) is 17.2 Å². The van der Waals surface area contributed by atoms with Gasteiger partial charge in [-0.25, -0.2) is 0 Å². The molecule has 0 unspecified atom stereocenters. The van der Waals surface area contributed by atoms with Crippen LogP contribution >= 0.6 is 23.2 Å². The van der Waals surface area contributed by atoms with Crippen LogP contribution in [0.4, 0.5) is 5.69 Å². The lowest BCUT2D eigenvalue weighted by molar-refractivity contribution is -0.112. The summed E-state index contributed by atoms with van der Waals surface area (Å²) < 4.78 is 11.3. The first-order valence-corrected chi connectivity index (χ1v) is 11.0. The Morgan fingerprint density at radius 3 is 2.39 bits per heavy atom. The highest BCUT2D eigenvalue weighted by Gasteiger charge is 2.15. The number of anilines is 1. The maximum absolute atomic E-state index is 12.7. The average Bonchev–Trinajstić information content (AvgIpc) is 2.79. The number of benzene rings is 3. The van der Waals surface area contributed by atoms with Crippen molar-refractivity contribution in [3.8, 4) is 17.6 Å². The van der Waals surface area contributed by atoms with Crippen LogP contribution in [0.5, 0.6) is 11.5 Å². The van der Waals surface area contributed by atoms with Crippen LogP contribution in [0, 0.1) is 18.3 Å². The molecule has 5 nitrogen and oxygen atoms in total. The monoisotopic (exact) mass is 480 g/mol. The number of hydrogen-bond acceptors (Lipinski definition) is 4. The van der Waals surface area contributed by atoms with Crippen molar-refractivity contribution in [3.05, 3.63) is 93.0 Å². The molecule has 3 aromatic rings. The molecule has 0 aliphatic rings. The molecule has 33 heavy (non-hydrogen) atoms. The highest BCUT2D eigenvalue weighted by Crippen LogP contribution is 2.34. The fraction of sp³-hybridized carbons (Fsp3) is 0.154. The third-order valence-corrected chi connectivity index (χ3v) is 5.13. The smallest absolute Gasteiger partial charge is 0.266 e. The van der Waals surface area contributed by atoms with E-state index in [4.69, 9.17) is 32.7 Å². The van der Waals surface area contributed by atoms with Gasteiger partial charge in [-0.3, -0.25) is 4.79 Å². The van der Waals surface area contributed by atoms with Crippen molar-refractivity contribution in [1.29, 1.82) is 5.26 Å². The van der Waals surface area contributed by atoms with Crippen molar-refractivity contribution < 1.29 is 14.3 Å². The third-order valence-electron chi connectivity index (χ3n) is 4.63. The Morgan fingerprint density at radius 2 is 1.76 bits per heavy atom. The van der Waals surface area contributed by atoms with Crippen LogP contribution in [-0.2, 0) is 11.4 Å². The molecule has 0 aromatic heterocycles. The minimum absolute atomic E-state index is 0.123. The first kappa shape index (κ1) is 24.2. The van der Waals surface area contributed by atoms with Crippen LogP contribution in [-0.4, -0.2) is 12.5 Å². The van der Waals surface area contributed by atoms with E-state index in [1.54, 1.807) is 36.4 Å². The van der Waals surface area contributed by atoms with E-state index in [2.05, 4.69) is 5.32 Å². The van der Waals surface area contributed by atoms with Gasteiger partial charge in [-0.2, -0.15) is 5.26 Å². The van der Waals surface area contributed by atoms with Gasteiger partial charge in [-0.15, -0.1) is 0 Å². The number of ether oxygens (including phenoxy) is 2. The number of aryl methyl sites for hydroxylation is 1. The minimum Gasteiger partial charge on any atom is -0.494 e. The van der Waals surface area contributed by atoms with E-state index in [0.29, 0.717) is 34.4 Å². The number of halogens is 2. The highest BCUT2D eigenvalue weighted by atomic mass is 35.5. The zero-order valence-electron chi connectivity index (χ0n) is 18.2. The van der Waals surface area contributed by atoms with Crippen LogP contribution in [0.1, 0.15) is 23.6 Å². The molecule has 0 fully saturated rings. The molecule has 0 saturated heterocycles. The van der Waals surface area contributed by atoms with Crippen molar-refractivity contribution in [3.63, 3.8) is 0 Å². The molecule has 1 amide bonds. The Morgan fingerprint density at radius 1 is 1.06 bits per heavy atom. The minimum atomic E-state index is -0.567. The molecule has 0 aliphatic heterocycles. The Balaban J connectivity index is 1.83. The summed E-state index contributed by atoms with van der Waals surface area (Å²) in [5.74, 6) is 0.459. The van der Waals surface area contributed by atoms with Crippen LogP contribution in [0.2, 0.25) is 10.0 Å². The number of rotatable bonds is 8. The second kappa shape index (κ2) is 11.4. The molecule has 1 N–H and O–H groups in total. The summed E-state index contributed by atoms with van der Waals surface area (Å²) in [6.07, 6.45) is 1.41. The molecule has 168 valence electrons. The Bertz CT molecular complexity index is 1200. The maximum Gasteiger partial charge on any atom is 0.266 e.